The largest absolute Gasteiger partial charge is 0.460 e. The van der Waals surface area contributed by atoms with Crippen molar-refractivity contribution < 1.29 is 31.9 Å². The molecule has 138 valence electrons. The second-order valence-electron chi connectivity index (χ2n) is 5.27. The van der Waals surface area contributed by atoms with Crippen LogP contribution in [-0.4, -0.2) is 18.2 Å². The highest BCUT2D eigenvalue weighted by Crippen LogP contribution is 2.33. The molecular formula is C17H14F4N2O3. The molecule has 0 fully saturated rings. The Hall–Kier alpha value is -3.10. The summed E-state index contributed by atoms with van der Waals surface area (Å²) in [6.45, 7) is 1.02. The van der Waals surface area contributed by atoms with E-state index < -0.39 is 35.5 Å². The second-order valence-corrected chi connectivity index (χ2v) is 5.27. The van der Waals surface area contributed by atoms with Crippen molar-refractivity contribution in [3.8, 4) is 5.75 Å². The Bertz CT molecular complexity index is 835. The van der Waals surface area contributed by atoms with Crippen molar-refractivity contribution in [2.75, 3.05) is 5.32 Å². The third kappa shape index (κ3) is 4.71. The number of nitrogens with one attached hydrogen (secondary N) is 1. The molecule has 0 aliphatic carbocycles. The van der Waals surface area contributed by atoms with Crippen molar-refractivity contribution in [3.63, 3.8) is 0 Å². The van der Waals surface area contributed by atoms with Crippen LogP contribution in [0.2, 0.25) is 0 Å². The maximum atomic E-state index is 13.1. The highest BCUT2D eigenvalue weighted by molar-refractivity contribution is 6.07. The lowest BCUT2D eigenvalue weighted by molar-refractivity contribution is -0.137. The molecule has 2 aromatic carbocycles. The Balaban J connectivity index is 2.39. The zero-order valence-corrected chi connectivity index (χ0v) is 13.4. The summed E-state index contributed by atoms with van der Waals surface area (Å²) in [7, 11) is 0. The maximum Gasteiger partial charge on any atom is 0.416 e. The van der Waals surface area contributed by atoms with Gasteiger partial charge in [0, 0.05) is 18.2 Å². The SMILES string of the molecule is CC(F)Oc1ccc(C(F)(F)F)cc1C(=O)Nc1cccc(C(N)=O)c1. The van der Waals surface area contributed by atoms with Gasteiger partial charge in [0.2, 0.25) is 12.3 Å². The molecule has 0 aromatic heterocycles. The molecule has 26 heavy (non-hydrogen) atoms. The molecule has 0 radical (unpaired) electrons. The number of anilines is 1. The van der Waals surface area contributed by atoms with Crippen LogP contribution < -0.4 is 15.8 Å². The highest BCUT2D eigenvalue weighted by atomic mass is 19.4. The van der Waals surface area contributed by atoms with E-state index in [2.05, 4.69) is 5.32 Å². The van der Waals surface area contributed by atoms with E-state index in [1.807, 2.05) is 0 Å². The van der Waals surface area contributed by atoms with Crippen molar-refractivity contribution in [1.82, 2.24) is 0 Å². The van der Waals surface area contributed by atoms with Crippen molar-refractivity contribution >= 4 is 17.5 Å². The highest BCUT2D eigenvalue weighted by Gasteiger charge is 2.32. The van der Waals surface area contributed by atoms with Crippen LogP contribution in [0.15, 0.2) is 42.5 Å². The molecule has 1 unspecified atom stereocenters. The number of ether oxygens (including phenoxy) is 1. The van der Waals surface area contributed by atoms with Crippen LogP contribution in [0.1, 0.15) is 33.2 Å². The molecule has 0 aliphatic rings. The molecule has 2 rings (SSSR count). The fourth-order valence-electron chi connectivity index (χ4n) is 2.11. The van der Waals surface area contributed by atoms with E-state index >= 15 is 0 Å². The Kier molecular flexibility index (Phi) is 5.49. The standard InChI is InChI=1S/C17H14F4N2O3/c1-9(18)26-14-6-5-11(17(19,20)21)8-13(14)16(25)23-12-4-2-3-10(7-12)15(22)24/h2-9H,1H3,(H2,22,24)(H,23,25). The predicted octanol–water partition coefficient (Wildman–Crippen LogP) is 3.75. The van der Waals surface area contributed by atoms with Crippen LogP contribution in [-0.2, 0) is 6.18 Å². The third-order valence-corrected chi connectivity index (χ3v) is 3.25. The zero-order valence-electron chi connectivity index (χ0n) is 13.4. The average Bonchev–Trinajstić information content (AvgIpc) is 2.53. The number of halogens is 4. The first-order valence-electron chi connectivity index (χ1n) is 7.31. The molecule has 0 heterocycles. The zero-order chi connectivity index (χ0) is 19.5. The quantitative estimate of drug-likeness (QED) is 0.787. The topological polar surface area (TPSA) is 81.4 Å². The van der Waals surface area contributed by atoms with Gasteiger partial charge in [-0.1, -0.05) is 6.07 Å². The van der Waals surface area contributed by atoms with Crippen LogP contribution in [0.3, 0.4) is 0 Å². The van der Waals surface area contributed by atoms with Crippen molar-refractivity contribution in [2.24, 2.45) is 5.73 Å². The Morgan fingerprint density at radius 2 is 1.85 bits per heavy atom. The van der Waals surface area contributed by atoms with Gasteiger partial charge in [-0.25, -0.2) is 4.39 Å². The monoisotopic (exact) mass is 370 g/mol. The molecule has 0 bridgehead atoms. The van der Waals surface area contributed by atoms with Gasteiger partial charge in [-0.05, 0) is 36.4 Å². The van der Waals surface area contributed by atoms with Crippen LogP contribution in [0.25, 0.3) is 0 Å². The normalized spacial score (nSPS) is 12.3. The van der Waals surface area contributed by atoms with E-state index in [1.165, 1.54) is 24.3 Å². The average molecular weight is 370 g/mol. The number of alkyl halides is 4. The van der Waals surface area contributed by atoms with Crippen LogP contribution in [0.5, 0.6) is 5.75 Å². The van der Waals surface area contributed by atoms with Gasteiger partial charge in [0.15, 0.2) is 0 Å². The number of hydrogen-bond acceptors (Lipinski definition) is 3. The van der Waals surface area contributed by atoms with Gasteiger partial charge in [-0.2, -0.15) is 13.2 Å². The Morgan fingerprint density at radius 1 is 1.15 bits per heavy atom. The summed E-state index contributed by atoms with van der Waals surface area (Å²) in [4.78, 5) is 23.5. The first-order chi connectivity index (χ1) is 12.1. The molecule has 5 nitrogen and oxygen atoms in total. The Labute approximate surface area is 145 Å². The third-order valence-electron chi connectivity index (χ3n) is 3.25. The lowest BCUT2D eigenvalue weighted by atomic mass is 10.1. The van der Waals surface area contributed by atoms with E-state index in [1.54, 1.807) is 0 Å². The second kappa shape index (κ2) is 7.42. The van der Waals surface area contributed by atoms with Gasteiger partial charge < -0.3 is 15.8 Å². The van der Waals surface area contributed by atoms with E-state index in [0.717, 1.165) is 13.0 Å². The summed E-state index contributed by atoms with van der Waals surface area (Å²) in [6.07, 6.45) is -6.53. The smallest absolute Gasteiger partial charge is 0.416 e. The number of amides is 2. The van der Waals surface area contributed by atoms with Crippen molar-refractivity contribution in [3.05, 3.63) is 59.2 Å². The van der Waals surface area contributed by atoms with Gasteiger partial charge in [0.25, 0.3) is 5.91 Å². The molecule has 0 saturated carbocycles. The molecule has 0 aliphatic heterocycles. The van der Waals surface area contributed by atoms with E-state index in [9.17, 15) is 27.2 Å². The lowest BCUT2D eigenvalue weighted by Crippen LogP contribution is -2.18. The number of nitrogens with two attached hydrogens (primary N) is 1. The lowest BCUT2D eigenvalue weighted by Gasteiger charge is -2.15. The summed E-state index contributed by atoms with van der Waals surface area (Å²) in [5.41, 5.74) is 3.76. The van der Waals surface area contributed by atoms with Crippen molar-refractivity contribution in [1.29, 1.82) is 0 Å². The van der Waals surface area contributed by atoms with Gasteiger partial charge in [0.1, 0.15) is 5.75 Å². The van der Waals surface area contributed by atoms with E-state index in [4.69, 9.17) is 10.5 Å². The molecule has 0 spiro atoms. The molecule has 9 heteroatoms. The van der Waals surface area contributed by atoms with E-state index in [-0.39, 0.29) is 17.0 Å². The summed E-state index contributed by atoms with van der Waals surface area (Å²) in [6, 6.07) is 7.62. The fourth-order valence-corrected chi connectivity index (χ4v) is 2.11. The van der Waals surface area contributed by atoms with Crippen LogP contribution >= 0.6 is 0 Å². The predicted molar refractivity (Wildman–Crippen MR) is 85.6 cm³/mol. The fraction of sp³-hybridized carbons (Fsp3) is 0.176. The maximum absolute atomic E-state index is 13.1. The molecule has 2 amide bonds. The van der Waals surface area contributed by atoms with Gasteiger partial charge in [-0.3, -0.25) is 9.59 Å². The minimum Gasteiger partial charge on any atom is -0.460 e. The molecule has 3 N–H and O–H groups in total. The first-order valence-corrected chi connectivity index (χ1v) is 7.31. The number of benzene rings is 2. The van der Waals surface area contributed by atoms with Gasteiger partial charge >= 0.3 is 6.18 Å². The van der Waals surface area contributed by atoms with Crippen LogP contribution in [0.4, 0.5) is 23.2 Å². The summed E-state index contributed by atoms with van der Waals surface area (Å²) >= 11 is 0. The van der Waals surface area contributed by atoms with Crippen LogP contribution in [0, 0.1) is 0 Å². The summed E-state index contributed by atoms with van der Waals surface area (Å²) in [5, 5.41) is 2.33. The minimum absolute atomic E-state index is 0.0979. The number of hydrogen-bond donors (Lipinski definition) is 2. The summed E-state index contributed by atoms with van der Waals surface area (Å²) in [5.74, 6) is -2.06. The molecular weight excluding hydrogens is 356 g/mol. The number of carbonyl (C=O) groups excluding carboxylic acids is 2. The van der Waals surface area contributed by atoms with Gasteiger partial charge in [-0.15, -0.1) is 0 Å². The van der Waals surface area contributed by atoms with Gasteiger partial charge in [0.05, 0.1) is 11.1 Å². The Morgan fingerprint density at radius 3 is 2.42 bits per heavy atom. The number of rotatable bonds is 5. The van der Waals surface area contributed by atoms with E-state index in [0.29, 0.717) is 12.1 Å². The molecule has 1 atom stereocenters. The number of primary amides is 1. The molecule has 2 aromatic rings. The number of carbonyl (C=O) groups is 2. The van der Waals surface area contributed by atoms with Crippen molar-refractivity contribution in [2.45, 2.75) is 19.5 Å². The molecule has 0 saturated heterocycles. The first kappa shape index (κ1) is 19.2. The minimum atomic E-state index is -4.69. The summed E-state index contributed by atoms with van der Waals surface area (Å²) < 4.78 is 56.6.